The fourth-order valence-electron chi connectivity index (χ4n) is 4.22. The van der Waals surface area contributed by atoms with Gasteiger partial charge in [-0.05, 0) is 68.1 Å². The summed E-state index contributed by atoms with van der Waals surface area (Å²) in [6.45, 7) is 6.89. The monoisotopic (exact) mass is 553 g/mol. The lowest BCUT2D eigenvalue weighted by Gasteiger charge is -2.34. The lowest BCUT2D eigenvalue weighted by atomic mass is 10.1. The summed E-state index contributed by atoms with van der Waals surface area (Å²) in [5.74, 6) is -1.29. The molecule has 3 aromatic rings. The molecule has 0 aromatic heterocycles. The van der Waals surface area contributed by atoms with Gasteiger partial charge >= 0.3 is 0 Å². The molecule has 2 amide bonds. The van der Waals surface area contributed by atoms with Crippen molar-refractivity contribution in [3.63, 3.8) is 0 Å². The summed E-state index contributed by atoms with van der Waals surface area (Å²) in [6.07, 6.45) is 1.02. The van der Waals surface area contributed by atoms with Gasteiger partial charge in [-0.2, -0.15) is 0 Å². The third-order valence-electron chi connectivity index (χ3n) is 6.65. The van der Waals surface area contributed by atoms with Crippen LogP contribution in [0.5, 0.6) is 0 Å². The number of benzene rings is 3. The number of para-hydroxylation sites is 1. The van der Waals surface area contributed by atoms with Crippen LogP contribution in [0.2, 0.25) is 0 Å². The van der Waals surface area contributed by atoms with Crippen LogP contribution in [0.25, 0.3) is 0 Å². The van der Waals surface area contributed by atoms with E-state index in [1.165, 1.54) is 29.2 Å². The summed E-state index contributed by atoms with van der Waals surface area (Å²) in [7, 11) is -4.12. The molecule has 1 N–H and O–H groups in total. The van der Waals surface area contributed by atoms with Gasteiger partial charge in [0.05, 0.1) is 10.6 Å². The Kier molecular flexibility index (Phi) is 10.2. The summed E-state index contributed by atoms with van der Waals surface area (Å²) < 4.78 is 42.3. The first-order valence-corrected chi connectivity index (χ1v) is 14.5. The van der Waals surface area contributed by atoms with Gasteiger partial charge in [0.2, 0.25) is 11.8 Å². The molecule has 3 rings (SSSR count). The van der Waals surface area contributed by atoms with Gasteiger partial charge in [-0.3, -0.25) is 13.9 Å². The van der Waals surface area contributed by atoms with E-state index in [0.29, 0.717) is 29.7 Å². The average Bonchev–Trinajstić information content (AvgIpc) is 2.93. The Morgan fingerprint density at radius 3 is 2.10 bits per heavy atom. The van der Waals surface area contributed by atoms with Gasteiger partial charge in [-0.1, -0.05) is 62.4 Å². The van der Waals surface area contributed by atoms with Crippen molar-refractivity contribution in [2.24, 2.45) is 0 Å². The van der Waals surface area contributed by atoms with Crippen LogP contribution in [0, 0.1) is 12.7 Å². The molecule has 0 saturated heterocycles. The summed E-state index contributed by atoms with van der Waals surface area (Å²) in [4.78, 5) is 28.7. The van der Waals surface area contributed by atoms with E-state index in [1.54, 1.807) is 68.4 Å². The third-order valence-corrected chi connectivity index (χ3v) is 8.42. The standard InChI is InChI=1S/C30H36FN3O4S/c1-5-23(4)32-30(36)27(6-2)33(20-24-16-18-25(31)19-17-24)29(35)21-34(28-15-11-10-12-22(28)3)39(37,38)26-13-8-7-9-14-26/h7-19,23,27H,5-6,20-21H2,1-4H3,(H,32,36). The predicted molar refractivity (Wildman–Crippen MR) is 151 cm³/mol. The fourth-order valence-corrected chi connectivity index (χ4v) is 5.72. The van der Waals surface area contributed by atoms with E-state index in [4.69, 9.17) is 0 Å². The van der Waals surface area contributed by atoms with Crippen LogP contribution in [0.4, 0.5) is 10.1 Å². The van der Waals surface area contributed by atoms with Crippen LogP contribution in [0.15, 0.2) is 83.8 Å². The number of hydrogen-bond acceptors (Lipinski definition) is 4. The average molecular weight is 554 g/mol. The summed E-state index contributed by atoms with van der Waals surface area (Å²) in [6, 6.07) is 19.6. The molecule has 0 saturated carbocycles. The van der Waals surface area contributed by atoms with E-state index in [-0.39, 0.29) is 23.4 Å². The molecule has 0 fully saturated rings. The van der Waals surface area contributed by atoms with Crippen molar-refractivity contribution >= 4 is 27.5 Å². The molecule has 9 heteroatoms. The normalized spacial score (nSPS) is 12.8. The van der Waals surface area contributed by atoms with Crippen LogP contribution in [-0.2, 0) is 26.2 Å². The molecule has 2 atom stereocenters. The van der Waals surface area contributed by atoms with Gasteiger partial charge in [-0.15, -0.1) is 0 Å². The summed E-state index contributed by atoms with van der Waals surface area (Å²) in [5.41, 5.74) is 1.66. The van der Waals surface area contributed by atoms with Gasteiger partial charge in [0, 0.05) is 12.6 Å². The summed E-state index contributed by atoms with van der Waals surface area (Å²) in [5, 5.41) is 2.94. The van der Waals surface area contributed by atoms with Gasteiger partial charge in [0.15, 0.2) is 0 Å². The SMILES string of the molecule is CCC(C)NC(=O)C(CC)N(Cc1ccc(F)cc1)C(=O)CN(c1ccccc1C)S(=O)(=O)c1ccccc1. The Balaban J connectivity index is 2.05. The van der Waals surface area contributed by atoms with E-state index >= 15 is 0 Å². The predicted octanol–water partition coefficient (Wildman–Crippen LogP) is 5.05. The Labute approximate surface area is 230 Å². The molecule has 39 heavy (non-hydrogen) atoms. The van der Waals surface area contributed by atoms with Crippen molar-refractivity contribution in [3.8, 4) is 0 Å². The quantitative estimate of drug-likeness (QED) is 0.340. The number of nitrogens with zero attached hydrogens (tertiary/aromatic N) is 2. The van der Waals surface area contributed by atoms with E-state index < -0.39 is 34.3 Å². The first kappa shape index (κ1) is 29.8. The number of nitrogens with one attached hydrogen (secondary N) is 1. The molecule has 2 unspecified atom stereocenters. The zero-order valence-corrected chi connectivity index (χ0v) is 23.6. The molecule has 208 valence electrons. The zero-order valence-electron chi connectivity index (χ0n) is 22.8. The maximum Gasteiger partial charge on any atom is 0.264 e. The molecule has 7 nitrogen and oxygen atoms in total. The van der Waals surface area contributed by atoms with Crippen LogP contribution in [0.1, 0.15) is 44.7 Å². The highest BCUT2D eigenvalue weighted by molar-refractivity contribution is 7.92. The zero-order chi connectivity index (χ0) is 28.6. The second kappa shape index (κ2) is 13.4. The third kappa shape index (κ3) is 7.44. The van der Waals surface area contributed by atoms with Gasteiger partial charge in [-0.25, -0.2) is 12.8 Å². The molecular weight excluding hydrogens is 517 g/mol. The highest BCUT2D eigenvalue weighted by atomic mass is 32.2. The first-order valence-electron chi connectivity index (χ1n) is 13.1. The Morgan fingerprint density at radius 1 is 0.897 bits per heavy atom. The number of carbonyl (C=O) groups excluding carboxylic acids is 2. The maximum atomic E-state index is 14.0. The minimum Gasteiger partial charge on any atom is -0.352 e. The lowest BCUT2D eigenvalue weighted by molar-refractivity contribution is -0.140. The van der Waals surface area contributed by atoms with E-state index in [2.05, 4.69) is 5.32 Å². The second-order valence-corrected chi connectivity index (χ2v) is 11.4. The smallest absolute Gasteiger partial charge is 0.264 e. The number of hydrogen-bond donors (Lipinski definition) is 1. The largest absolute Gasteiger partial charge is 0.352 e. The van der Waals surface area contributed by atoms with Gasteiger partial charge in [0.1, 0.15) is 18.4 Å². The fraction of sp³-hybridized carbons (Fsp3) is 0.333. The number of halogens is 1. The van der Waals surface area contributed by atoms with Gasteiger partial charge in [0.25, 0.3) is 10.0 Å². The topological polar surface area (TPSA) is 86.8 Å². The Hall–Kier alpha value is -3.72. The van der Waals surface area contributed by atoms with Crippen molar-refractivity contribution in [3.05, 3.63) is 95.8 Å². The summed E-state index contributed by atoms with van der Waals surface area (Å²) >= 11 is 0. The number of amides is 2. The Bertz CT molecular complexity index is 1360. The Morgan fingerprint density at radius 2 is 1.51 bits per heavy atom. The molecule has 0 heterocycles. The van der Waals surface area contributed by atoms with Crippen LogP contribution in [0.3, 0.4) is 0 Å². The molecule has 0 radical (unpaired) electrons. The van der Waals surface area contributed by atoms with Crippen molar-refractivity contribution in [1.29, 1.82) is 0 Å². The lowest BCUT2D eigenvalue weighted by Crippen LogP contribution is -2.53. The molecule has 0 aliphatic carbocycles. The molecule has 0 aliphatic heterocycles. The highest BCUT2D eigenvalue weighted by Gasteiger charge is 2.34. The molecule has 0 spiro atoms. The van der Waals surface area contributed by atoms with Crippen LogP contribution in [-0.4, -0.2) is 43.8 Å². The number of aryl methyl sites for hydroxylation is 1. The minimum atomic E-state index is -4.12. The molecule has 0 aliphatic rings. The maximum absolute atomic E-state index is 14.0. The van der Waals surface area contributed by atoms with Crippen LogP contribution >= 0.6 is 0 Å². The minimum absolute atomic E-state index is 0.0124. The molecular formula is C30H36FN3O4S. The first-order chi connectivity index (χ1) is 18.6. The van der Waals surface area contributed by atoms with Crippen LogP contribution < -0.4 is 9.62 Å². The highest BCUT2D eigenvalue weighted by Crippen LogP contribution is 2.27. The molecule has 0 bridgehead atoms. The van der Waals surface area contributed by atoms with Crippen molar-refractivity contribution in [2.75, 3.05) is 10.8 Å². The van der Waals surface area contributed by atoms with E-state index in [9.17, 15) is 22.4 Å². The van der Waals surface area contributed by atoms with E-state index in [1.807, 2.05) is 13.8 Å². The number of carbonyl (C=O) groups is 2. The van der Waals surface area contributed by atoms with Crippen molar-refractivity contribution in [2.45, 2.75) is 64.1 Å². The van der Waals surface area contributed by atoms with Crippen molar-refractivity contribution in [1.82, 2.24) is 10.2 Å². The molecule has 3 aromatic carbocycles. The second-order valence-electron chi connectivity index (χ2n) is 9.50. The van der Waals surface area contributed by atoms with Crippen molar-refractivity contribution < 1.29 is 22.4 Å². The number of sulfonamides is 1. The van der Waals surface area contributed by atoms with E-state index in [0.717, 1.165) is 4.31 Å². The number of anilines is 1. The number of rotatable bonds is 12. The van der Waals surface area contributed by atoms with Gasteiger partial charge < -0.3 is 10.2 Å².